The fourth-order valence-electron chi connectivity index (χ4n) is 3.21. The highest BCUT2D eigenvalue weighted by molar-refractivity contribution is 7.13. The molecule has 0 unspecified atom stereocenters. The average Bonchev–Trinajstić information content (AvgIpc) is 3.08. The zero-order valence-corrected chi connectivity index (χ0v) is 15.9. The summed E-state index contributed by atoms with van der Waals surface area (Å²) in [5, 5.41) is 3.07. The van der Waals surface area contributed by atoms with E-state index in [0.717, 1.165) is 49.0 Å². The van der Waals surface area contributed by atoms with E-state index in [9.17, 15) is 4.79 Å². The molecule has 0 radical (unpaired) electrons. The summed E-state index contributed by atoms with van der Waals surface area (Å²) in [6, 6.07) is 12.3. The Labute approximate surface area is 154 Å². The third kappa shape index (κ3) is 4.91. The topological polar surface area (TPSA) is 35.6 Å². The maximum absolute atomic E-state index is 12.3. The fourth-order valence-corrected chi connectivity index (χ4v) is 3.99. The summed E-state index contributed by atoms with van der Waals surface area (Å²) in [5.74, 6) is 0.0180. The van der Waals surface area contributed by atoms with Crippen molar-refractivity contribution in [2.24, 2.45) is 0 Å². The first-order valence-electron chi connectivity index (χ1n) is 9.02. The second-order valence-electron chi connectivity index (χ2n) is 6.57. The summed E-state index contributed by atoms with van der Waals surface area (Å²) in [6.45, 7) is 11.4. The van der Waals surface area contributed by atoms with Crippen molar-refractivity contribution in [1.82, 2.24) is 15.1 Å². The van der Waals surface area contributed by atoms with Gasteiger partial charge in [0.15, 0.2) is 0 Å². The molecule has 2 aromatic rings. The predicted octanol–water partition coefficient (Wildman–Crippen LogP) is 3.12. The fraction of sp³-hybridized carbons (Fsp3) is 0.450. The molecule has 134 valence electrons. The van der Waals surface area contributed by atoms with Gasteiger partial charge < -0.3 is 10.2 Å². The molecule has 0 atom stereocenters. The molecule has 1 aromatic carbocycles. The molecular formula is C20H27N3OS. The molecule has 2 heterocycles. The van der Waals surface area contributed by atoms with E-state index < -0.39 is 0 Å². The van der Waals surface area contributed by atoms with Crippen LogP contribution in [0, 0.1) is 6.92 Å². The molecule has 0 bridgehead atoms. The minimum atomic E-state index is 0.0180. The Bertz CT molecular complexity index is 704. The van der Waals surface area contributed by atoms with Crippen molar-refractivity contribution >= 4 is 17.2 Å². The van der Waals surface area contributed by atoms with Crippen molar-refractivity contribution < 1.29 is 4.79 Å². The van der Waals surface area contributed by atoms with Crippen molar-refractivity contribution in [3.8, 4) is 0 Å². The van der Waals surface area contributed by atoms with Crippen LogP contribution >= 0.6 is 11.3 Å². The maximum Gasteiger partial charge on any atom is 0.261 e. The Morgan fingerprint density at radius 3 is 2.36 bits per heavy atom. The molecule has 1 saturated heterocycles. The van der Waals surface area contributed by atoms with Crippen molar-refractivity contribution in [2.45, 2.75) is 26.9 Å². The number of benzene rings is 1. The van der Waals surface area contributed by atoms with Crippen molar-refractivity contribution in [3.63, 3.8) is 0 Å². The summed E-state index contributed by atoms with van der Waals surface area (Å²) < 4.78 is 0. The number of hydrogen-bond acceptors (Lipinski definition) is 4. The predicted molar refractivity (Wildman–Crippen MR) is 104 cm³/mol. The van der Waals surface area contributed by atoms with Gasteiger partial charge in [0, 0.05) is 44.1 Å². The Hall–Kier alpha value is -1.69. The highest BCUT2D eigenvalue weighted by Crippen LogP contribution is 2.16. The van der Waals surface area contributed by atoms with Gasteiger partial charge in [-0.05, 0) is 36.7 Å². The Morgan fingerprint density at radius 2 is 1.72 bits per heavy atom. The quantitative estimate of drug-likeness (QED) is 0.863. The van der Waals surface area contributed by atoms with Gasteiger partial charge in [0.05, 0.1) is 4.88 Å². The minimum absolute atomic E-state index is 0.0180. The first-order chi connectivity index (χ1) is 12.2. The highest BCUT2D eigenvalue weighted by Gasteiger charge is 2.17. The van der Waals surface area contributed by atoms with E-state index in [2.05, 4.69) is 46.3 Å². The Balaban J connectivity index is 1.58. The number of rotatable bonds is 6. The van der Waals surface area contributed by atoms with Crippen LogP contribution in [0.4, 0.5) is 0 Å². The zero-order chi connectivity index (χ0) is 17.6. The number of carbonyl (C=O) groups is 1. The number of thiophene rings is 1. The number of nitrogens with zero attached hydrogens (tertiary/aromatic N) is 2. The second-order valence-corrected chi connectivity index (χ2v) is 7.86. The largest absolute Gasteiger partial charge is 0.347 e. The number of piperazine rings is 1. The second kappa shape index (κ2) is 8.61. The van der Waals surface area contributed by atoms with Gasteiger partial charge in [-0.25, -0.2) is 0 Å². The molecule has 25 heavy (non-hydrogen) atoms. The molecule has 1 aliphatic rings. The zero-order valence-electron chi connectivity index (χ0n) is 15.1. The number of hydrogen-bond donors (Lipinski definition) is 1. The number of nitrogens with one attached hydrogen (secondary N) is 1. The van der Waals surface area contributed by atoms with Crippen molar-refractivity contribution in [2.75, 3.05) is 32.7 Å². The lowest BCUT2D eigenvalue weighted by Gasteiger charge is -2.34. The average molecular weight is 358 g/mol. The molecule has 0 aliphatic carbocycles. The van der Waals surface area contributed by atoms with E-state index in [1.54, 1.807) is 11.3 Å². The summed E-state index contributed by atoms with van der Waals surface area (Å²) in [6.07, 6.45) is 0. The van der Waals surface area contributed by atoms with Crippen LogP contribution in [0.15, 0.2) is 36.4 Å². The summed E-state index contributed by atoms with van der Waals surface area (Å²) in [7, 11) is 0. The molecule has 0 saturated carbocycles. The Morgan fingerprint density at radius 1 is 1.04 bits per heavy atom. The van der Waals surface area contributed by atoms with Crippen molar-refractivity contribution in [3.05, 3.63) is 57.3 Å². The van der Waals surface area contributed by atoms with Gasteiger partial charge in [0.25, 0.3) is 5.91 Å². The normalized spacial score (nSPS) is 16.1. The van der Waals surface area contributed by atoms with Crippen LogP contribution in [0.1, 0.15) is 32.6 Å². The summed E-state index contributed by atoms with van der Waals surface area (Å²) in [5.41, 5.74) is 2.53. The van der Waals surface area contributed by atoms with Gasteiger partial charge in [0.2, 0.25) is 0 Å². The molecular weight excluding hydrogens is 330 g/mol. The lowest BCUT2D eigenvalue weighted by atomic mass is 10.1. The van der Waals surface area contributed by atoms with Crippen LogP contribution in [-0.2, 0) is 13.1 Å². The molecule has 3 rings (SSSR count). The Kier molecular flexibility index (Phi) is 6.24. The van der Waals surface area contributed by atoms with Crippen LogP contribution in [0.2, 0.25) is 0 Å². The molecule has 1 fully saturated rings. The van der Waals surface area contributed by atoms with Gasteiger partial charge in [0.1, 0.15) is 0 Å². The molecule has 1 aliphatic heterocycles. The number of carbonyl (C=O) groups excluding carboxylic acids is 1. The first-order valence-corrected chi connectivity index (χ1v) is 9.83. The molecule has 1 amide bonds. The molecule has 5 heteroatoms. The van der Waals surface area contributed by atoms with E-state index in [1.807, 2.05) is 19.1 Å². The van der Waals surface area contributed by atoms with E-state index in [0.29, 0.717) is 6.54 Å². The van der Waals surface area contributed by atoms with Crippen LogP contribution in [0.25, 0.3) is 0 Å². The smallest absolute Gasteiger partial charge is 0.261 e. The molecule has 0 spiro atoms. The van der Waals surface area contributed by atoms with Gasteiger partial charge in [-0.3, -0.25) is 9.69 Å². The SMILES string of the molecule is CCN1CCN(Cc2ccccc2CNC(=O)c2ccc(C)s2)CC1. The van der Waals surface area contributed by atoms with E-state index in [-0.39, 0.29) is 5.91 Å². The van der Waals surface area contributed by atoms with Gasteiger partial charge in [-0.2, -0.15) is 0 Å². The third-order valence-corrected chi connectivity index (χ3v) is 5.83. The lowest BCUT2D eigenvalue weighted by Crippen LogP contribution is -2.45. The standard InChI is InChI=1S/C20H27N3OS/c1-3-22-10-12-23(13-11-22)15-18-7-5-4-6-17(18)14-21-20(24)19-9-8-16(2)25-19/h4-9H,3,10-15H2,1-2H3,(H,21,24). The summed E-state index contributed by atoms with van der Waals surface area (Å²) in [4.78, 5) is 19.2. The van der Waals surface area contributed by atoms with Crippen molar-refractivity contribution in [1.29, 1.82) is 0 Å². The van der Waals surface area contributed by atoms with Gasteiger partial charge in [-0.1, -0.05) is 31.2 Å². The molecule has 1 aromatic heterocycles. The minimum Gasteiger partial charge on any atom is -0.347 e. The van der Waals surface area contributed by atoms with Gasteiger partial charge in [-0.15, -0.1) is 11.3 Å². The lowest BCUT2D eigenvalue weighted by molar-refractivity contribution is 0.0954. The third-order valence-electron chi connectivity index (χ3n) is 4.83. The number of amides is 1. The number of likely N-dealkylation sites (N-methyl/N-ethyl adjacent to an activating group) is 1. The van der Waals surface area contributed by atoms with E-state index >= 15 is 0 Å². The first kappa shape index (κ1) is 18.1. The summed E-state index contributed by atoms with van der Waals surface area (Å²) >= 11 is 1.54. The monoisotopic (exact) mass is 357 g/mol. The van der Waals surface area contributed by atoms with Crippen LogP contribution in [-0.4, -0.2) is 48.4 Å². The van der Waals surface area contributed by atoms with E-state index in [4.69, 9.17) is 0 Å². The maximum atomic E-state index is 12.3. The van der Waals surface area contributed by atoms with Crippen LogP contribution in [0.3, 0.4) is 0 Å². The van der Waals surface area contributed by atoms with Crippen LogP contribution in [0.5, 0.6) is 0 Å². The molecule has 1 N–H and O–H groups in total. The van der Waals surface area contributed by atoms with E-state index in [1.165, 1.54) is 11.1 Å². The molecule has 4 nitrogen and oxygen atoms in total. The van der Waals surface area contributed by atoms with Crippen LogP contribution < -0.4 is 5.32 Å². The number of aryl methyl sites for hydroxylation is 1. The highest BCUT2D eigenvalue weighted by atomic mass is 32.1. The van der Waals surface area contributed by atoms with Gasteiger partial charge >= 0.3 is 0 Å².